The summed E-state index contributed by atoms with van der Waals surface area (Å²) < 4.78 is 5.68. The standard InChI is InChI=1S/C9H13.2C8H11.2ClH.Zr/c1-6-5-7(2)9(4)8(6)3;2*1-2-5-8-6-3-4-7-8;;;/h6H,1-4H3;2*3,6H,2,4-5H2,1H3;2*1H;. The molecule has 0 bridgehead atoms. The van der Waals surface area contributed by atoms with Gasteiger partial charge in [-0.15, -0.1) is 24.8 Å². The van der Waals surface area contributed by atoms with Crippen molar-refractivity contribution in [2.45, 2.75) is 80.1 Å². The summed E-state index contributed by atoms with van der Waals surface area (Å²) in [6.07, 6.45) is 17.4. The Balaban J connectivity index is 0.00000196. The van der Waals surface area contributed by atoms with Gasteiger partial charge in [-0.3, -0.25) is 0 Å². The Labute approximate surface area is 193 Å². The second kappa shape index (κ2) is 11.3. The molecule has 0 spiro atoms. The van der Waals surface area contributed by atoms with E-state index in [1.54, 1.807) is 27.9 Å². The summed E-state index contributed by atoms with van der Waals surface area (Å²) in [5.74, 6) is 0.663. The van der Waals surface area contributed by atoms with Crippen LogP contribution in [0.3, 0.4) is 0 Å². The summed E-state index contributed by atoms with van der Waals surface area (Å²) in [6.45, 7) is 14.3. The van der Waals surface area contributed by atoms with Gasteiger partial charge in [0, 0.05) is 0 Å². The van der Waals surface area contributed by atoms with Crippen LogP contribution in [0.25, 0.3) is 0 Å². The van der Waals surface area contributed by atoms with Crippen LogP contribution in [0, 0.1) is 5.92 Å². The quantitative estimate of drug-likeness (QED) is 0.328. The van der Waals surface area contributed by atoms with E-state index in [0.29, 0.717) is 5.92 Å². The van der Waals surface area contributed by atoms with Crippen LogP contribution in [0.1, 0.15) is 80.1 Å². The van der Waals surface area contributed by atoms with Crippen molar-refractivity contribution < 1.29 is 21.8 Å². The summed E-state index contributed by atoms with van der Waals surface area (Å²) in [5.41, 5.74) is 8.26. The van der Waals surface area contributed by atoms with Crippen molar-refractivity contribution in [3.8, 4) is 0 Å². The zero-order valence-corrected chi connectivity index (χ0v) is 22.5. The van der Waals surface area contributed by atoms with E-state index < -0.39 is 21.8 Å². The predicted molar refractivity (Wildman–Crippen MR) is 126 cm³/mol. The van der Waals surface area contributed by atoms with E-state index in [-0.39, 0.29) is 24.8 Å². The fourth-order valence-electron chi connectivity index (χ4n) is 4.91. The first-order valence-electron chi connectivity index (χ1n) is 10.5. The van der Waals surface area contributed by atoms with Gasteiger partial charge in [-0.05, 0) is 0 Å². The third-order valence-electron chi connectivity index (χ3n) is 6.61. The molecule has 1 unspecified atom stereocenters. The first kappa shape index (κ1) is 25.9. The molecule has 0 aromatic rings. The van der Waals surface area contributed by atoms with Crippen LogP contribution in [0.4, 0.5) is 0 Å². The van der Waals surface area contributed by atoms with Gasteiger partial charge in [-0.25, -0.2) is 0 Å². The van der Waals surface area contributed by atoms with Crippen molar-refractivity contribution in [2.75, 3.05) is 0 Å². The molecule has 0 aromatic carbocycles. The van der Waals surface area contributed by atoms with Crippen molar-refractivity contribution in [1.29, 1.82) is 0 Å². The van der Waals surface area contributed by atoms with Gasteiger partial charge < -0.3 is 0 Å². The molecule has 3 aliphatic carbocycles. The van der Waals surface area contributed by atoms with Gasteiger partial charge in [-0.1, -0.05) is 0 Å². The van der Waals surface area contributed by atoms with E-state index in [1.165, 1.54) is 38.5 Å². The average Bonchev–Trinajstić information content (AvgIpc) is 3.31. The van der Waals surface area contributed by atoms with E-state index in [1.807, 2.05) is 9.84 Å². The Kier molecular flexibility index (Phi) is 10.5. The van der Waals surface area contributed by atoms with E-state index in [2.05, 4.69) is 65.8 Å². The molecule has 3 rings (SSSR count). The Morgan fingerprint density at radius 2 is 1.29 bits per heavy atom. The van der Waals surface area contributed by atoms with Crippen LogP contribution in [0.15, 0.2) is 62.0 Å². The number of allylic oxidation sites excluding steroid dienone is 12. The van der Waals surface area contributed by atoms with Crippen molar-refractivity contribution >= 4 is 24.8 Å². The Hall–Kier alpha value is -0.0969. The molecule has 0 saturated carbocycles. The van der Waals surface area contributed by atoms with Crippen LogP contribution in [0.5, 0.6) is 0 Å². The molecule has 0 fully saturated rings. The molecule has 3 aliphatic rings. The first-order valence-corrected chi connectivity index (χ1v) is 14.2. The van der Waals surface area contributed by atoms with Crippen LogP contribution < -0.4 is 0 Å². The largest absolute Gasteiger partial charge is 0.147 e. The van der Waals surface area contributed by atoms with E-state index >= 15 is 0 Å². The van der Waals surface area contributed by atoms with Gasteiger partial charge in [0.25, 0.3) is 0 Å². The molecular weight excluding hydrogens is 462 g/mol. The zero-order chi connectivity index (χ0) is 18.8. The second-order valence-corrected chi connectivity index (χ2v) is 14.3. The van der Waals surface area contributed by atoms with Gasteiger partial charge in [0.05, 0.1) is 0 Å². The first-order chi connectivity index (χ1) is 12.5. The monoisotopic (exact) mass is 497 g/mol. The smallest absolute Gasteiger partial charge is 0.147 e. The molecule has 155 valence electrons. The maximum absolute atomic E-state index is 2.48. The summed E-state index contributed by atoms with van der Waals surface area (Å²) >= 11 is -2.04. The Morgan fingerprint density at radius 1 is 0.821 bits per heavy atom. The number of hydrogen-bond acceptors (Lipinski definition) is 0. The maximum atomic E-state index is 2.48. The summed E-state index contributed by atoms with van der Waals surface area (Å²) in [6, 6.07) is 0. The van der Waals surface area contributed by atoms with Crippen LogP contribution in [-0.2, 0) is 21.8 Å². The van der Waals surface area contributed by atoms with E-state index in [4.69, 9.17) is 0 Å². The molecule has 28 heavy (non-hydrogen) atoms. The van der Waals surface area contributed by atoms with Crippen molar-refractivity contribution in [1.82, 2.24) is 0 Å². The zero-order valence-electron chi connectivity index (χ0n) is 18.4. The molecule has 0 nitrogen and oxygen atoms in total. The Bertz CT molecular complexity index is 734. The molecule has 0 amide bonds. The molecule has 0 aliphatic heterocycles. The number of halogens is 2. The van der Waals surface area contributed by atoms with Crippen LogP contribution in [0.2, 0.25) is 0 Å². The number of hydrogen-bond donors (Lipinski definition) is 0. The van der Waals surface area contributed by atoms with Gasteiger partial charge in [0.15, 0.2) is 0 Å². The molecule has 0 aromatic heterocycles. The molecular formula is C25H37Cl2Zr. The second-order valence-electron chi connectivity index (χ2n) is 8.16. The van der Waals surface area contributed by atoms with Crippen LogP contribution >= 0.6 is 24.8 Å². The van der Waals surface area contributed by atoms with Gasteiger partial charge >= 0.3 is 170 Å². The summed E-state index contributed by atoms with van der Waals surface area (Å²) in [4.78, 5) is 0. The molecule has 0 saturated heterocycles. The fourth-order valence-corrected chi connectivity index (χ4v) is 14.6. The Morgan fingerprint density at radius 3 is 1.64 bits per heavy atom. The van der Waals surface area contributed by atoms with E-state index in [0.717, 1.165) is 0 Å². The normalized spacial score (nSPS) is 21.1. The summed E-state index contributed by atoms with van der Waals surface area (Å²) in [5, 5.41) is 0. The van der Waals surface area contributed by atoms with Gasteiger partial charge in [-0.2, -0.15) is 0 Å². The van der Waals surface area contributed by atoms with Gasteiger partial charge in [0.1, 0.15) is 0 Å². The van der Waals surface area contributed by atoms with Crippen LogP contribution in [-0.4, -0.2) is 0 Å². The maximum Gasteiger partial charge on any atom is -0.147 e. The molecule has 0 radical (unpaired) electrons. The third-order valence-corrected chi connectivity index (χ3v) is 15.5. The molecule has 0 N–H and O–H groups in total. The van der Waals surface area contributed by atoms with Crippen molar-refractivity contribution in [2.24, 2.45) is 5.92 Å². The topological polar surface area (TPSA) is 0 Å². The molecule has 1 atom stereocenters. The minimum atomic E-state index is -2.04. The van der Waals surface area contributed by atoms with Gasteiger partial charge in [0.2, 0.25) is 0 Å². The number of rotatable bonds is 7. The van der Waals surface area contributed by atoms with Crippen molar-refractivity contribution in [3.63, 3.8) is 0 Å². The SMILES string of the molecule is CCCC1=[C]([Zr]([C]2=C(CCC)C=CC2)[C]2=C(C)C(C)=C(C)C2C)CC=C1.Cl.Cl. The van der Waals surface area contributed by atoms with E-state index in [9.17, 15) is 0 Å². The fraction of sp³-hybridized carbons (Fsp3) is 0.520. The molecule has 0 heterocycles. The summed E-state index contributed by atoms with van der Waals surface area (Å²) in [7, 11) is 0. The third kappa shape index (κ3) is 4.79. The minimum absolute atomic E-state index is 0. The predicted octanol–water partition coefficient (Wildman–Crippen LogP) is 8.74. The average molecular weight is 500 g/mol. The van der Waals surface area contributed by atoms with Crippen molar-refractivity contribution in [3.05, 3.63) is 62.0 Å². The minimum Gasteiger partial charge on any atom is -0.147 e. The molecule has 3 heteroatoms.